The average Bonchev–Trinajstić information content (AvgIpc) is 3.96. The van der Waals surface area contributed by atoms with Crippen molar-refractivity contribution >= 4 is 78.6 Å². The maximum absolute atomic E-state index is 7.13. The maximum Gasteiger partial charge on any atom is 0.162 e. The van der Waals surface area contributed by atoms with Crippen LogP contribution in [0.25, 0.3) is 61.2 Å². The molecule has 0 saturated carbocycles. The molecule has 10 nitrogen and oxygen atoms in total. The van der Waals surface area contributed by atoms with Crippen molar-refractivity contribution in [1.29, 1.82) is 0 Å². The Morgan fingerprint density at radius 3 is 1.04 bits per heavy atom. The van der Waals surface area contributed by atoms with Gasteiger partial charge in [-0.05, 0) is 90.5 Å². The highest BCUT2D eigenvalue weighted by Gasteiger charge is 2.32. The van der Waals surface area contributed by atoms with Crippen LogP contribution in [0.15, 0.2) is 199 Å². The fourth-order valence-electron chi connectivity index (χ4n) is 10.3. The van der Waals surface area contributed by atoms with Crippen LogP contribution in [-0.2, 0) is 21.7 Å². The van der Waals surface area contributed by atoms with Crippen LogP contribution in [-0.4, -0.2) is 40.7 Å². The molecule has 11 aromatic rings. The zero-order valence-corrected chi connectivity index (χ0v) is 48.1. The van der Waals surface area contributed by atoms with Crippen molar-refractivity contribution < 1.29 is 0 Å². The third-order valence-corrected chi connectivity index (χ3v) is 14.7. The molecule has 5 aromatic carbocycles. The van der Waals surface area contributed by atoms with Crippen molar-refractivity contribution in [3.63, 3.8) is 0 Å². The molecule has 0 spiro atoms. The van der Waals surface area contributed by atoms with Crippen LogP contribution in [0.4, 0.5) is 17.1 Å². The van der Waals surface area contributed by atoms with Gasteiger partial charge in [-0.2, -0.15) is 0 Å². The van der Waals surface area contributed by atoms with Gasteiger partial charge in [0.2, 0.25) is 0 Å². The second kappa shape index (κ2) is 20.0. The molecule has 10 heteroatoms. The molecule has 0 aliphatic heterocycles. The van der Waals surface area contributed by atoms with E-state index in [1.165, 1.54) is 0 Å². The summed E-state index contributed by atoms with van der Waals surface area (Å²) >= 11 is 0. The smallest absolute Gasteiger partial charge is 0.162 e. The van der Waals surface area contributed by atoms with Crippen LogP contribution in [0.1, 0.15) is 123 Å². The van der Waals surface area contributed by atoms with Crippen LogP contribution in [0.5, 0.6) is 0 Å². The predicted molar refractivity (Wildman–Crippen MR) is 335 cm³/mol. The first-order valence-corrected chi connectivity index (χ1v) is 27.5. The summed E-state index contributed by atoms with van der Waals surface area (Å²) in [6.45, 7) is 31.0. The Balaban J connectivity index is 1.40. The lowest BCUT2D eigenvalue weighted by Crippen LogP contribution is -2.19. The first-order valence-electron chi connectivity index (χ1n) is 27.5. The summed E-state index contributed by atoms with van der Waals surface area (Å²) in [7, 11) is 0. The van der Waals surface area contributed by atoms with E-state index >= 15 is 0 Å². The molecule has 80 heavy (non-hydrogen) atoms. The van der Waals surface area contributed by atoms with E-state index in [0.717, 1.165) is 106 Å². The van der Waals surface area contributed by atoms with Crippen molar-refractivity contribution in [2.24, 2.45) is 15.7 Å². The fourth-order valence-corrected chi connectivity index (χ4v) is 10.3. The van der Waals surface area contributed by atoms with Crippen molar-refractivity contribution in [1.82, 2.24) is 29.1 Å². The normalized spacial score (nSPS) is 13.0. The molecular formula is C70H70N10. The Bertz CT molecular complexity index is 3860. The summed E-state index contributed by atoms with van der Waals surface area (Å²) in [5.41, 5.74) is 23.9. The molecule has 2 N–H and O–H groups in total. The number of pyridine rings is 4. The topological polar surface area (TPSA) is 115 Å². The molecule has 0 saturated heterocycles. The number of hydrogen-bond acceptors (Lipinski definition) is 6. The van der Waals surface area contributed by atoms with Crippen molar-refractivity contribution in [2.45, 2.75) is 105 Å². The first-order chi connectivity index (χ1) is 38.0. The molecule has 6 heterocycles. The Morgan fingerprint density at radius 2 is 0.713 bits per heavy atom. The molecule has 0 unspecified atom stereocenters. The number of aliphatic imine (C=N–C) groups is 2. The number of fused-ring (bicyclic) bond motifs is 6. The average molecular weight is 1050 g/mol. The standard InChI is InChI=1S/C70H70N10/c1-44(45-26-18-14-19-27-45)72-66(77-65(71)46-28-20-15-21-29-46)47-42-54(79-50-34-38-56(67(2,3)4)73-60(50)61-51(79)35-39-57(74-61)68(5,6)7)64(78(48-30-22-16-23-31-48)49-32-24-17-25-33-49)55(43-47)80-52-36-40-58(69(8,9)10)75-62(52)63-53(80)37-41-59(76-63)70(11,12)13/h14-43H,1H2,2-13H3,(H2,71,72,77). The molecule has 0 aliphatic rings. The lowest BCUT2D eigenvalue weighted by atomic mass is 9.91. The minimum absolute atomic E-state index is 0.249. The Hall–Kier alpha value is -9.02. The molecule has 0 atom stereocenters. The number of aromatic nitrogens is 6. The summed E-state index contributed by atoms with van der Waals surface area (Å²) in [5, 5.41) is 0. The number of para-hydroxylation sites is 2. The molecule has 400 valence electrons. The zero-order valence-electron chi connectivity index (χ0n) is 48.1. The number of amidine groups is 2. The van der Waals surface area contributed by atoms with E-state index < -0.39 is 0 Å². The van der Waals surface area contributed by atoms with Crippen LogP contribution in [0.3, 0.4) is 0 Å². The molecule has 0 fully saturated rings. The maximum atomic E-state index is 7.13. The highest BCUT2D eigenvalue weighted by atomic mass is 15.2. The lowest BCUT2D eigenvalue weighted by Gasteiger charge is -2.31. The molecular weight excluding hydrogens is 981 g/mol. The van der Waals surface area contributed by atoms with Crippen molar-refractivity contribution in [3.05, 3.63) is 228 Å². The molecule has 6 aromatic heterocycles. The number of nitrogens with zero attached hydrogens (tertiary/aromatic N) is 9. The first kappa shape index (κ1) is 53.0. The van der Waals surface area contributed by atoms with Gasteiger partial charge in [0.25, 0.3) is 0 Å². The summed E-state index contributed by atoms with van der Waals surface area (Å²) in [5.74, 6) is 0.668. The molecule has 11 rings (SSSR count). The molecule has 0 radical (unpaired) electrons. The van der Waals surface area contributed by atoms with Crippen LogP contribution < -0.4 is 10.6 Å². The van der Waals surface area contributed by atoms with E-state index in [2.05, 4.69) is 225 Å². The fraction of sp³-hybridized carbons (Fsp3) is 0.229. The predicted octanol–water partition coefficient (Wildman–Crippen LogP) is 16.9. The third-order valence-electron chi connectivity index (χ3n) is 14.7. The third kappa shape index (κ3) is 9.95. The summed E-state index contributed by atoms with van der Waals surface area (Å²) in [6, 6.07) is 62.8. The van der Waals surface area contributed by atoms with Gasteiger partial charge < -0.3 is 19.8 Å². The van der Waals surface area contributed by atoms with Gasteiger partial charge in [-0.15, -0.1) is 0 Å². The second-order valence-corrected chi connectivity index (χ2v) is 24.9. The number of hydrogen-bond donors (Lipinski definition) is 1. The van der Waals surface area contributed by atoms with Gasteiger partial charge in [-0.1, -0.05) is 187 Å². The van der Waals surface area contributed by atoms with E-state index in [0.29, 0.717) is 22.9 Å². The van der Waals surface area contributed by atoms with Crippen LogP contribution in [0, 0.1) is 0 Å². The van der Waals surface area contributed by atoms with Gasteiger partial charge in [0.15, 0.2) is 5.84 Å². The minimum atomic E-state index is -0.249. The largest absolute Gasteiger partial charge is 0.383 e. The zero-order chi connectivity index (χ0) is 56.5. The Labute approximate surface area is 470 Å². The summed E-state index contributed by atoms with van der Waals surface area (Å²) in [4.78, 5) is 35.3. The molecule has 0 amide bonds. The van der Waals surface area contributed by atoms with Gasteiger partial charge >= 0.3 is 0 Å². The Kier molecular flexibility index (Phi) is 13.3. The monoisotopic (exact) mass is 1050 g/mol. The van der Waals surface area contributed by atoms with Crippen molar-refractivity contribution in [3.8, 4) is 11.4 Å². The minimum Gasteiger partial charge on any atom is -0.383 e. The SMILES string of the molecule is C=C(N=C(N=C(N)c1ccccc1)c1cc(-n2c3ccc(C(C)(C)C)nc3c3nc(C(C)(C)C)ccc32)c(N(c2ccccc2)c2ccccc2)c(-n2c3ccc(C(C)(C)C)nc3c3nc(C(C)(C)C)ccc32)c1)c1ccccc1. The molecule has 0 bridgehead atoms. The highest BCUT2D eigenvalue weighted by Crippen LogP contribution is 2.48. The van der Waals surface area contributed by atoms with E-state index in [-0.39, 0.29) is 21.7 Å². The van der Waals surface area contributed by atoms with Gasteiger partial charge in [0, 0.05) is 66.9 Å². The molecule has 0 aliphatic carbocycles. The van der Waals surface area contributed by atoms with E-state index in [9.17, 15) is 0 Å². The number of benzene rings is 5. The van der Waals surface area contributed by atoms with Gasteiger partial charge in [0.05, 0.1) is 44.8 Å². The Morgan fingerprint density at radius 1 is 0.400 bits per heavy atom. The van der Waals surface area contributed by atoms with E-state index in [1.807, 2.05) is 60.7 Å². The van der Waals surface area contributed by atoms with Crippen LogP contribution >= 0.6 is 0 Å². The second-order valence-electron chi connectivity index (χ2n) is 24.9. The van der Waals surface area contributed by atoms with E-state index in [1.54, 1.807) is 0 Å². The number of anilines is 3. The summed E-state index contributed by atoms with van der Waals surface area (Å²) < 4.78 is 4.66. The van der Waals surface area contributed by atoms with Gasteiger partial charge in [-0.25, -0.2) is 29.9 Å². The number of nitrogens with two attached hydrogens (primary N) is 1. The lowest BCUT2D eigenvalue weighted by molar-refractivity contribution is 0.570. The van der Waals surface area contributed by atoms with Crippen molar-refractivity contribution in [2.75, 3.05) is 4.90 Å². The number of rotatable bonds is 9. The van der Waals surface area contributed by atoms with Gasteiger partial charge in [0.1, 0.15) is 27.9 Å². The quantitative estimate of drug-likeness (QED) is 0.114. The van der Waals surface area contributed by atoms with E-state index in [4.69, 9.17) is 35.7 Å². The van der Waals surface area contributed by atoms with Gasteiger partial charge in [-0.3, -0.25) is 0 Å². The highest BCUT2D eigenvalue weighted by molar-refractivity contribution is 6.15. The summed E-state index contributed by atoms with van der Waals surface area (Å²) in [6.07, 6.45) is 0. The van der Waals surface area contributed by atoms with Crippen LogP contribution in [0.2, 0.25) is 0 Å².